The van der Waals surface area contributed by atoms with Crippen molar-refractivity contribution in [3.05, 3.63) is 60.2 Å². The van der Waals surface area contributed by atoms with Crippen molar-refractivity contribution in [2.24, 2.45) is 0 Å². The molecular formula is C21H14O3. The van der Waals surface area contributed by atoms with Crippen LogP contribution in [0.15, 0.2) is 54.6 Å². The number of hydrogen-bond donors (Lipinski definition) is 1. The molecule has 0 amide bonds. The molecule has 0 radical (unpaired) electrons. The van der Waals surface area contributed by atoms with E-state index in [0.717, 1.165) is 32.5 Å². The zero-order chi connectivity index (χ0) is 16.7. The van der Waals surface area contributed by atoms with E-state index in [4.69, 9.17) is 5.11 Å². The zero-order valence-electron chi connectivity index (χ0n) is 12.9. The molecule has 0 aliphatic heterocycles. The summed E-state index contributed by atoms with van der Waals surface area (Å²) in [6.07, 6.45) is 0.107. The maximum Gasteiger partial charge on any atom is 0.303 e. The summed E-state index contributed by atoms with van der Waals surface area (Å²) in [6, 6.07) is 18.3. The molecule has 0 aromatic heterocycles. The van der Waals surface area contributed by atoms with Crippen molar-refractivity contribution in [2.45, 2.75) is 12.8 Å². The molecular weight excluding hydrogens is 300 g/mol. The van der Waals surface area contributed by atoms with Crippen LogP contribution in [-0.4, -0.2) is 17.0 Å². The van der Waals surface area contributed by atoms with E-state index in [0.29, 0.717) is 5.57 Å². The van der Waals surface area contributed by atoms with Gasteiger partial charge in [-0.1, -0.05) is 54.6 Å². The lowest BCUT2D eigenvalue weighted by Gasteiger charge is -2.14. The minimum atomic E-state index is -0.916. The normalized spacial score (nSPS) is 11.2. The van der Waals surface area contributed by atoms with Gasteiger partial charge in [-0.15, -0.1) is 0 Å². The van der Waals surface area contributed by atoms with Crippen molar-refractivity contribution >= 4 is 49.8 Å². The molecule has 0 heterocycles. The van der Waals surface area contributed by atoms with Crippen LogP contribution in [0.25, 0.3) is 37.9 Å². The number of carbonyl (C=O) groups is 1. The van der Waals surface area contributed by atoms with Crippen molar-refractivity contribution in [1.29, 1.82) is 0 Å². The number of aliphatic carboxylic acids is 1. The van der Waals surface area contributed by atoms with Gasteiger partial charge in [0.05, 0.1) is 6.42 Å². The smallest absolute Gasteiger partial charge is 0.303 e. The van der Waals surface area contributed by atoms with Gasteiger partial charge < -0.3 is 5.11 Å². The van der Waals surface area contributed by atoms with Crippen LogP contribution < -0.4 is 0 Å². The van der Waals surface area contributed by atoms with E-state index in [9.17, 15) is 9.59 Å². The Kier molecular flexibility index (Phi) is 3.30. The van der Waals surface area contributed by atoms with Crippen LogP contribution in [0.4, 0.5) is 0 Å². The fourth-order valence-corrected chi connectivity index (χ4v) is 3.47. The van der Waals surface area contributed by atoms with Gasteiger partial charge in [-0.25, -0.2) is 4.79 Å². The molecule has 0 atom stereocenters. The molecule has 0 bridgehead atoms. The summed E-state index contributed by atoms with van der Waals surface area (Å²) in [5.74, 6) is 1.04. The highest BCUT2D eigenvalue weighted by molar-refractivity contribution is 6.25. The first-order chi connectivity index (χ1) is 11.7. The maximum absolute atomic E-state index is 11.4. The number of rotatable bonds is 4. The SMILES string of the molecule is O=C=C(CCC(=O)O)c1ccc2ccc3cccc4ccc1c2c34. The maximum atomic E-state index is 11.4. The Hall–Kier alpha value is -3.16. The number of carboxylic acid groups (broad SMARTS) is 1. The van der Waals surface area contributed by atoms with Gasteiger partial charge in [0.2, 0.25) is 0 Å². The topological polar surface area (TPSA) is 54.4 Å². The average molecular weight is 314 g/mol. The van der Waals surface area contributed by atoms with Crippen molar-refractivity contribution in [1.82, 2.24) is 0 Å². The third kappa shape index (κ3) is 2.15. The van der Waals surface area contributed by atoms with Crippen LogP contribution in [0.2, 0.25) is 0 Å². The number of carboxylic acids is 1. The number of allylic oxidation sites excluding steroid dienone is 1. The van der Waals surface area contributed by atoms with Crippen LogP contribution in [0.5, 0.6) is 0 Å². The summed E-state index contributed by atoms with van der Waals surface area (Å²) in [5, 5.41) is 15.6. The summed E-state index contributed by atoms with van der Waals surface area (Å²) in [6.45, 7) is 0. The quantitative estimate of drug-likeness (QED) is 0.440. The molecule has 0 aliphatic carbocycles. The van der Waals surface area contributed by atoms with Gasteiger partial charge in [-0.2, -0.15) is 0 Å². The highest BCUT2D eigenvalue weighted by Crippen LogP contribution is 2.37. The standard InChI is InChI=1S/C21H14O3/c22-12-16(8-11-19(23)24)17-9-6-15-5-4-13-2-1-3-14-7-10-18(17)21(15)20(13)14/h1-7,9-10H,8,11H2,(H,23,24). The Labute approximate surface area is 138 Å². The molecule has 0 unspecified atom stereocenters. The molecule has 3 nitrogen and oxygen atoms in total. The summed E-state index contributed by atoms with van der Waals surface area (Å²) in [7, 11) is 0. The molecule has 0 saturated carbocycles. The Balaban J connectivity index is 2.04. The highest BCUT2D eigenvalue weighted by atomic mass is 16.4. The van der Waals surface area contributed by atoms with E-state index in [1.165, 1.54) is 5.39 Å². The van der Waals surface area contributed by atoms with Crippen molar-refractivity contribution in [3.8, 4) is 0 Å². The van der Waals surface area contributed by atoms with Crippen molar-refractivity contribution in [3.63, 3.8) is 0 Å². The second-order valence-electron chi connectivity index (χ2n) is 5.94. The van der Waals surface area contributed by atoms with Gasteiger partial charge in [0.1, 0.15) is 5.94 Å². The zero-order valence-corrected chi connectivity index (χ0v) is 12.9. The molecule has 0 saturated heterocycles. The van der Waals surface area contributed by atoms with E-state index >= 15 is 0 Å². The average Bonchev–Trinajstić information content (AvgIpc) is 2.60. The van der Waals surface area contributed by atoms with Gasteiger partial charge in [0.25, 0.3) is 0 Å². The Morgan fingerprint density at radius 2 is 1.46 bits per heavy atom. The Bertz CT molecular complexity index is 1120. The molecule has 4 aromatic carbocycles. The lowest BCUT2D eigenvalue weighted by molar-refractivity contribution is -0.136. The molecule has 0 fully saturated rings. The second kappa shape index (κ2) is 5.48. The van der Waals surface area contributed by atoms with E-state index in [1.807, 2.05) is 36.3 Å². The summed E-state index contributed by atoms with van der Waals surface area (Å²) in [5.41, 5.74) is 1.19. The van der Waals surface area contributed by atoms with E-state index < -0.39 is 5.97 Å². The Morgan fingerprint density at radius 3 is 2.12 bits per heavy atom. The van der Waals surface area contributed by atoms with Gasteiger partial charge in [0, 0.05) is 5.57 Å². The first-order valence-corrected chi connectivity index (χ1v) is 7.82. The molecule has 3 heteroatoms. The predicted octanol–water partition coefficient (Wildman–Crippen LogP) is 4.66. The first kappa shape index (κ1) is 14.4. The fraction of sp³-hybridized carbons (Fsp3) is 0.0952. The number of carbonyl (C=O) groups excluding carboxylic acids is 1. The molecule has 4 rings (SSSR count). The van der Waals surface area contributed by atoms with Gasteiger partial charge in [-0.05, 0) is 44.3 Å². The number of hydrogen-bond acceptors (Lipinski definition) is 2. The predicted molar refractivity (Wildman–Crippen MR) is 96.1 cm³/mol. The minimum Gasteiger partial charge on any atom is -0.481 e. The third-order valence-corrected chi connectivity index (χ3v) is 4.57. The highest BCUT2D eigenvalue weighted by Gasteiger charge is 2.14. The molecule has 0 spiro atoms. The monoisotopic (exact) mass is 314 g/mol. The van der Waals surface area contributed by atoms with Crippen LogP contribution in [0, 0.1) is 0 Å². The van der Waals surface area contributed by atoms with Crippen LogP contribution >= 0.6 is 0 Å². The molecule has 24 heavy (non-hydrogen) atoms. The van der Waals surface area contributed by atoms with Gasteiger partial charge in [0.15, 0.2) is 0 Å². The second-order valence-corrected chi connectivity index (χ2v) is 5.94. The summed E-state index contributed by atoms with van der Waals surface area (Å²) >= 11 is 0. The summed E-state index contributed by atoms with van der Waals surface area (Å²) < 4.78 is 0. The summed E-state index contributed by atoms with van der Waals surface area (Å²) in [4.78, 5) is 22.3. The lowest BCUT2D eigenvalue weighted by atomic mass is 9.89. The van der Waals surface area contributed by atoms with Crippen molar-refractivity contribution in [2.75, 3.05) is 0 Å². The largest absolute Gasteiger partial charge is 0.481 e. The van der Waals surface area contributed by atoms with E-state index in [-0.39, 0.29) is 12.8 Å². The molecule has 4 aromatic rings. The molecule has 1 N–H and O–H groups in total. The lowest BCUT2D eigenvalue weighted by Crippen LogP contribution is -1.97. The molecule has 0 aliphatic rings. The molecule has 116 valence electrons. The van der Waals surface area contributed by atoms with Gasteiger partial charge >= 0.3 is 5.97 Å². The minimum absolute atomic E-state index is 0.0768. The first-order valence-electron chi connectivity index (χ1n) is 7.82. The van der Waals surface area contributed by atoms with Crippen LogP contribution in [0.3, 0.4) is 0 Å². The van der Waals surface area contributed by atoms with Crippen LogP contribution in [-0.2, 0) is 9.59 Å². The third-order valence-electron chi connectivity index (χ3n) is 4.57. The Morgan fingerprint density at radius 1 is 0.833 bits per heavy atom. The van der Waals surface area contributed by atoms with Crippen molar-refractivity contribution < 1.29 is 14.7 Å². The fourth-order valence-electron chi connectivity index (χ4n) is 3.47. The van der Waals surface area contributed by atoms with E-state index in [2.05, 4.69) is 24.3 Å². The van der Waals surface area contributed by atoms with Crippen LogP contribution in [0.1, 0.15) is 18.4 Å². The van der Waals surface area contributed by atoms with E-state index in [1.54, 1.807) is 0 Å². The number of benzene rings is 4. The van der Waals surface area contributed by atoms with Gasteiger partial charge in [-0.3, -0.25) is 4.79 Å².